The molecule has 0 aromatic heterocycles. The van der Waals surface area contributed by atoms with Gasteiger partial charge in [-0.05, 0) is 38.5 Å². The predicted molar refractivity (Wildman–Crippen MR) is 98.0 cm³/mol. The van der Waals surface area contributed by atoms with Crippen LogP contribution in [0.4, 0.5) is 4.79 Å². The average molecular weight is 392 g/mol. The number of benzene rings is 2. The van der Waals surface area contributed by atoms with E-state index in [2.05, 4.69) is 21.2 Å². The van der Waals surface area contributed by atoms with Gasteiger partial charge in [0.1, 0.15) is 18.0 Å². The molecule has 5 heteroatoms. The maximum Gasteiger partial charge on any atom is 0.407 e. The van der Waals surface area contributed by atoms with Crippen LogP contribution in [0.2, 0.25) is 0 Å². The summed E-state index contributed by atoms with van der Waals surface area (Å²) in [7, 11) is 0. The minimum atomic E-state index is -0.523. The lowest BCUT2D eigenvalue weighted by Crippen LogP contribution is -2.32. The normalized spacial score (nSPS) is 11.0. The molecule has 0 aliphatic heterocycles. The SMILES string of the molecule is CC(C)(C)OC(=O)NCc1c(Br)cccc1OCc1ccccc1. The van der Waals surface area contributed by atoms with E-state index in [9.17, 15) is 4.79 Å². The third-order valence-electron chi connectivity index (χ3n) is 3.12. The van der Waals surface area contributed by atoms with Crippen LogP contribution in [0.1, 0.15) is 31.9 Å². The Labute approximate surface area is 151 Å². The second-order valence-electron chi connectivity index (χ2n) is 6.35. The van der Waals surface area contributed by atoms with Gasteiger partial charge in [0, 0.05) is 10.0 Å². The van der Waals surface area contributed by atoms with Crippen LogP contribution in [0, 0.1) is 0 Å². The van der Waals surface area contributed by atoms with Gasteiger partial charge in [0.15, 0.2) is 0 Å². The minimum Gasteiger partial charge on any atom is -0.489 e. The quantitative estimate of drug-likeness (QED) is 0.775. The molecule has 1 N–H and O–H groups in total. The van der Waals surface area contributed by atoms with E-state index in [1.807, 2.05) is 69.3 Å². The Hall–Kier alpha value is -2.01. The van der Waals surface area contributed by atoms with Gasteiger partial charge in [-0.3, -0.25) is 0 Å². The zero-order valence-corrected chi connectivity index (χ0v) is 15.7. The molecule has 2 aromatic carbocycles. The first-order valence-electron chi connectivity index (χ1n) is 7.76. The Morgan fingerprint density at radius 3 is 2.46 bits per heavy atom. The number of amides is 1. The zero-order chi connectivity index (χ0) is 17.6. The molecule has 0 bridgehead atoms. The van der Waals surface area contributed by atoms with E-state index in [0.29, 0.717) is 13.2 Å². The first-order valence-corrected chi connectivity index (χ1v) is 8.55. The predicted octanol–water partition coefficient (Wildman–Crippen LogP) is 5.05. The maximum absolute atomic E-state index is 11.8. The van der Waals surface area contributed by atoms with Gasteiger partial charge in [0.25, 0.3) is 0 Å². The van der Waals surface area contributed by atoms with Gasteiger partial charge in [-0.25, -0.2) is 4.79 Å². The Morgan fingerprint density at radius 1 is 1.08 bits per heavy atom. The highest BCUT2D eigenvalue weighted by Crippen LogP contribution is 2.27. The molecule has 24 heavy (non-hydrogen) atoms. The number of carbonyl (C=O) groups is 1. The molecule has 0 aliphatic carbocycles. The number of alkyl carbamates (subject to hydrolysis) is 1. The third-order valence-corrected chi connectivity index (χ3v) is 3.86. The molecule has 0 heterocycles. The van der Waals surface area contributed by atoms with Gasteiger partial charge < -0.3 is 14.8 Å². The molecule has 2 aromatic rings. The molecular weight excluding hydrogens is 370 g/mol. The summed E-state index contributed by atoms with van der Waals surface area (Å²) in [4.78, 5) is 11.8. The molecule has 128 valence electrons. The second-order valence-corrected chi connectivity index (χ2v) is 7.20. The van der Waals surface area contributed by atoms with Crippen molar-refractivity contribution in [3.8, 4) is 5.75 Å². The van der Waals surface area contributed by atoms with Crippen molar-refractivity contribution in [1.29, 1.82) is 0 Å². The van der Waals surface area contributed by atoms with Gasteiger partial charge in [0.2, 0.25) is 0 Å². The van der Waals surface area contributed by atoms with Crippen molar-refractivity contribution < 1.29 is 14.3 Å². The van der Waals surface area contributed by atoms with Gasteiger partial charge in [-0.2, -0.15) is 0 Å². The molecule has 0 aliphatic rings. The van der Waals surface area contributed by atoms with Crippen molar-refractivity contribution in [1.82, 2.24) is 5.32 Å². The van der Waals surface area contributed by atoms with Crippen LogP contribution in [0.15, 0.2) is 53.0 Å². The van der Waals surface area contributed by atoms with Crippen LogP contribution in [0.5, 0.6) is 5.75 Å². The van der Waals surface area contributed by atoms with Gasteiger partial charge in [-0.15, -0.1) is 0 Å². The highest BCUT2D eigenvalue weighted by Gasteiger charge is 2.17. The maximum atomic E-state index is 11.8. The third kappa shape index (κ3) is 5.89. The van der Waals surface area contributed by atoms with Crippen molar-refractivity contribution in [2.75, 3.05) is 0 Å². The average Bonchev–Trinajstić information content (AvgIpc) is 2.51. The minimum absolute atomic E-state index is 0.320. The fourth-order valence-electron chi connectivity index (χ4n) is 2.06. The largest absolute Gasteiger partial charge is 0.489 e. The van der Waals surface area contributed by atoms with E-state index in [0.717, 1.165) is 21.3 Å². The zero-order valence-electron chi connectivity index (χ0n) is 14.1. The van der Waals surface area contributed by atoms with E-state index >= 15 is 0 Å². The van der Waals surface area contributed by atoms with Gasteiger partial charge in [0.05, 0.1) is 6.54 Å². The first kappa shape index (κ1) is 18.3. The highest BCUT2D eigenvalue weighted by molar-refractivity contribution is 9.10. The Kier molecular flexibility index (Phi) is 6.26. The Bertz CT molecular complexity index is 681. The molecule has 0 spiro atoms. The Morgan fingerprint density at radius 2 is 1.79 bits per heavy atom. The number of halogens is 1. The van der Waals surface area contributed by atoms with E-state index in [1.165, 1.54) is 0 Å². The summed E-state index contributed by atoms with van der Waals surface area (Å²) < 4.78 is 12.1. The summed E-state index contributed by atoms with van der Waals surface area (Å²) in [5, 5.41) is 2.76. The summed E-state index contributed by atoms with van der Waals surface area (Å²) in [6.45, 7) is 6.29. The first-order chi connectivity index (χ1) is 11.3. The lowest BCUT2D eigenvalue weighted by molar-refractivity contribution is 0.0523. The lowest BCUT2D eigenvalue weighted by atomic mass is 10.2. The molecule has 2 rings (SSSR count). The van der Waals surface area contributed by atoms with E-state index in [4.69, 9.17) is 9.47 Å². The topological polar surface area (TPSA) is 47.6 Å². The van der Waals surface area contributed by atoms with Crippen LogP contribution in [-0.4, -0.2) is 11.7 Å². The van der Waals surface area contributed by atoms with Crippen LogP contribution >= 0.6 is 15.9 Å². The van der Waals surface area contributed by atoms with Crippen molar-refractivity contribution in [2.45, 2.75) is 39.5 Å². The molecular formula is C19H22BrNO3. The molecule has 0 saturated heterocycles. The van der Waals surface area contributed by atoms with Crippen molar-refractivity contribution in [2.24, 2.45) is 0 Å². The van der Waals surface area contributed by atoms with E-state index < -0.39 is 11.7 Å². The molecule has 0 atom stereocenters. The number of nitrogens with one attached hydrogen (secondary N) is 1. The standard InChI is InChI=1S/C19H22BrNO3/c1-19(2,3)24-18(22)21-12-15-16(20)10-7-11-17(15)23-13-14-8-5-4-6-9-14/h4-11H,12-13H2,1-3H3,(H,21,22). The van der Waals surface area contributed by atoms with Crippen LogP contribution in [0.3, 0.4) is 0 Å². The van der Waals surface area contributed by atoms with Crippen LogP contribution in [-0.2, 0) is 17.9 Å². The molecule has 4 nitrogen and oxygen atoms in total. The summed E-state index contributed by atoms with van der Waals surface area (Å²) in [6.07, 6.45) is -0.452. The van der Waals surface area contributed by atoms with Crippen molar-refractivity contribution in [3.05, 3.63) is 64.1 Å². The molecule has 0 radical (unpaired) electrons. The fraction of sp³-hybridized carbons (Fsp3) is 0.316. The van der Waals surface area contributed by atoms with Crippen LogP contribution < -0.4 is 10.1 Å². The summed E-state index contributed by atoms with van der Waals surface area (Å²) in [5.74, 6) is 0.726. The van der Waals surface area contributed by atoms with E-state index in [-0.39, 0.29) is 0 Å². The van der Waals surface area contributed by atoms with Gasteiger partial charge >= 0.3 is 6.09 Å². The summed E-state index contributed by atoms with van der Waals surface area (Å²) in [6, 6.07) is 15.7. The number of hydrogen-bond donors (Lipinski definition) is 1. The van der Waals surface area contributed by atoms with Gasteiger partial charge in [-0.1, -0.05) is 52.3 Å². The summed E-state index contributed by atoms with van der Waals surface area (Å²) in [5.41, 5.74) is 1.44. The van der Waals surface area contributed by atoms with Crippen molar-refractivity contribution in [3.63, 3.8) is 0 Å². The number of rotatable bonds is 5. The Balaban J connectivity index is 2.02. The number of ether oxygens (including phenoxy) is 2. The van der Waals surface area contributed by atoms with Crippen molar-refractivity contribution >= 4 is 22.0 Å². The molecule has 1 amide bonds. The molecule has 0 unspecified atom stereocenters. The second kappa shape index (κ2) is 8.20. The number of carbonyl (C=O) groups excluding carboxylic acids is 1. The highest BCUT2D eigenvalue weighted by atomic mass is 79.9. The summed E-state index contributed by atoms with van der Waals surface area (Å²) >= 11 is 3.51. The fourth-order valence-corrected chi connectivity index (χ4v) is 2.54. The molecule has 0 saturated carbocycles. The monoisotopic (exact) mass is 391 g/mol. The smallest absolute Gasteiger partial charge is 0.407 e. The molecule has 0 fully saturated rings. The van der Waals surface area contributed by atoms with Crippen LogP contribution in [0.25, 0.3) is 0 Å². The number of hydrogen-bond acceptors (Lipinski definition) is 3. The lowest BCUT2D eigenvalue weighted by Gasteiger charge is -2.20. The van der Waals surface area contributed by atoms with E-state index in [1.54, 1.807) is 0 Å².